The van der Waals surface area contributed by atoms with E-state index >= 15 is 0 Å². The van der Waals surface area contributed by atoms with Gasteiger partial charge >= 0.3 is 0 Å². The van der Waals surface area contributed by atoms with Gasteiger partial charge in [-0.2, -0.15) is 0 Å². The Morgan fingerprint density at radius 1 is 1.15 bits per heavy atom. The van der Waals surface area contributed by atoms with Crippen LogP contribution in [0.3, 0.4) is 0 Å². The van der Waals surface area contributed by atoms with E-state index in [9.17, 15) is 9.59 Å². The summed E-state index contributed by atoms with van der Waals surface area (Å²) in [6, 6.07) is 15.0. The molecule has 3 rings (SSSR count). The molecule has 1 N–H and O–H groups in total. The van der Waals surface area contributed by atoms with Gasteiger partial charge in [-0.05, 0) is 36.6 Å². The minimum atomic E-state index is -0.125. The molecular formula is C21H23N3O2S. The lowest BCUT2D eigenvalue weighted by atomic mass is 10.2. The van der Waals surface area contributed by atoms with E-state index in [-0.39, 0.29) is 17.2 Å². The summed E-state index contributed by atoms with van der Waals surface area (Å²) in [5.41, 5.74) is 2.27. The average Bonchev–Trinajstić information content (AvgIpc) is 2.66. The number of carbonyl (C=O) groups is 1. The first kappa shape index (κ1) is 19.2. The number of hydrogen-bond donors (Lipinski definition) is 1. The second-order valence-electron chi connectivity index (χ2n) is 6.83. The Labute approximate surface area is 162 Å². The van der Waals surface area contributed by atoms with Gasteiger partial charge in [-0.3, -0.25) is 14.2 Å². The van der Waals surface area contributed by atoms with Crippen molar-refractivity contribution in [1.29, 1.82) is 0 Å². The van der Waals surface area contributed by atoms with E-state index in [4.69, 9.17) is 0 Å². The Hall–Kier alpha value is -2.60. The van der Waals surface area contributed by atoms with E-state index in [1.807, 2.05) is 63.2 Å². The van der Waals surface area contributed by atoms with Gasteiger partial charge in [0.15, 0.2) is 5.16 Å². The molecule has 27 heavy (non-hydrogen) atoms. The number of nitrogens with zero attached hydrogens (tertiary/aromatic N) is 2. The van der Waals surface area contributed by atoms with Crippen molar-refractivity contribution in [1.82, 2.24) is 14.9 Å². The molecule has 0 bridgehead atoms. The minimum Gasteiger partial charge on any atom is -0.355 e. The molecule has 2 aromatic carbocycles. The van der Waals surface area contributed by atoms with Gasteiger partial charge in [-0.15, -0.1) is 0 Å². The fourth-order valence-corrected chi connectivity index (χ4v) is 3.57. The molecule has 6 heteroatoms. The smallest absolute Gasteiger partial charge is 0.266 e. The molecule has 0 radical (unpaired) electrons. The summed E-state index contributed by atoms with van der Waals surface area (Å²) in [5, 5.41) is 3.99. The van der Waals surface area contributed by atoms with Gasteiger partial charge in [0, 0.05) is 6.54 Å². The number of aromatic nitrogens is 2. The quantitative estimate of drug-likeness (QED) is 0.524. The van der Waals surface area contributed by atoms with Crippen molar-refractivity contribution in [3.05, 3.63) is 64.4 Å². The topological polar surface area (TPSA) is 64.0 Å². The number of benzene rings is 2. The molecule has 0 fully saturated rings. The Bertz CT molecular complexity index is 1030. The zero-order chi connectivity index (χ0) is 19.4. The van der Waals surface area contributed by atoms with Gasteiger partial charge < -0.3 is 5.32 Å². The van der Waals surface area contributed by atoms with Crippen LogP contribution < -0.4 is 10.9 Å². The Balaban J connectivity index is 2.03. The van der Waals surface area contributed by atoms with Crippen molar-refractivity contribution in [3.8, 4) is 5.69 Å². The van der Waals surface area contributed by atoms with Gasteiger partial charge in [0.1, 0.15) is 0 Å². The van der Waals surface area contributed by atoms with E-state index < -0.39 is 0 Å². The lowest BCUT2D eigenvalue weighted by molar-refractivity contribution is -0.118. The maximum atomic E-state index is 13.2. The second-order valence-corrected chi connectivity index (χ2v) is 7.77. The van der Waals surface area contributed by atoms with Crippen LogP contribution in [0.2, 0.25) is 0 Å². The van der Waals surface area contributed by atoms with E-state index in [0.717, 1.165) is 11.3 Å². The van der Waals surface area contributed by atoms with Crippen molar-refractivity contribution in [2.24, 2.45) is 5.92 Å². The number of nitrogens with one attached hydrogen (secondary N) is 1. The zero-order valence-corrected chi connectivity index (χ0v) is 16.5. The summed E-state index contributed by atoms with van der Waals surface area (Å²) >= 11 is 1.28. The fraction of sp³-hybridized carbons (Fsp3) is 0.286. The van der Waals surface area contributed by atoms with Crippen molar-refractivity contribution in [2.75, 3.05) is 12.3 Å². The third-order valence-corrected chi connectivity index (χ3v) is 5.08. The molecule has 140 valence electrons. The van der Waals surface area contributed by atoms with Crippen LogP contribution in [0.15, 0.2) is 58.5 Å². The molecule has 0 aliphatic carbocycles. The number of para-hydroxylation sites is 2. The van der Waals surface area contributed by atoms with Gasteiger partial charge in [0.2, 0.25) is 5.91 Å². The standard InChI is InChI=1S/C21H23N3O2S/c1-14(2)12-22-19(25)13-27-21-23-17-10-6-5-9-16(17)20(26)24(21)18-11-7-4-8-15(18)3/h4-11,14H,12-13H2,1-3H3,(H,22,25). The van der Waals surface area contributed by atoms with Crippen LogP contribution >= 0.6 is 11.8 Å². The van der Waals surface area contributed by atoms with Crippen LogP contribution in [-0.2, 0) is 4.79 Å². The van der Waals surface area contributed by atoms with Gasteiger partial charge in [-0.1, -0.05) is 55.9 Å². The van der Waals surface area contributed by atoms with Crippen LogP contribution in [-0.4, -0.2) is 27.8 Å². The van der Waals surface area contributed by atoms with E-state index in [1.54, 1.807) is 10.6 Å². The number of fused-ring (bicyclic) bond motifs is 1. The van der Waals surface area contributed by atoms with Gasteiger partial charge in [0.25, 0.3) is 5.56 Å². The molecule has 0 saturated carbocycles. The highest BCUT2D eigenvalue weighted by molar-refractivity contribution is 7.99. The molecule has 1 aromatic heterocycles. The molecule has 0 spiro atoms. The van der Waals surface area contributed by atoms with E-state index in [0.29, 0.717) is 28.5 Å². The average molecular weight is 382 g/mol. The number of amides is 1. The van der Waals surface area contributed by atoms with Gasteiger partial charge in [-0.25, -0.2) is 4.98 Å². The number of rotatable bonds is 6. The Kier molecular flexibility index (Phi) is 5.96. The Morgan fingerprint density at radius 3 is 2.59 bits per heavy atom. The molecule has 0 unspecified atom stereocenters. The first-order valence-corrected chi connectivity index (χ1v) is 9.93. The van der Waals surface area contributed by atoms with Crippen molar-refractivity contribution >= 4 is 28.6 Å². The maximum Gasteiger partial charge on any atom is 0.266 e. The highest BCUT2D eigenvalue weighted by atomic mass is 32.2. The Morgan fingerprint density at radius 2 is 1.85 bits per heavy atom. The SMILES string of the molecule is Cc1ccccc1-n1c(SCC(=O)NCC(C)C)nc2ccccc2c1=O. The number of hydrogen-bond acceptors (Lipinski definition) is 4. The lowest BCUT2D eigenvalue weighted by Gasteiger charge is -2.15. The van der Waals surface area contributed by atoms with Gasteiger partial charge in [0.05, 0.1) is 22.3 Å². The second kappa shape index (κ2) is 8.39. The van der Waals surface area contributed by atoms with Crippen LogP contribution in [0, 0.1) is 12.8 Å². The third-order valence-electron chi connectivity index (χ3n) is 4.14. The first-order chi connectivity index (χ1) is 13.0. The van der Waals surface area contributed by atoms with Crippen LogP contribution in [0.1, 0.15) is 19.4 Å². The zero-order valence-electron chi connectivity index (χ0n) is 15.7. The molecule has 0 aliphatic heterocycles. The lowest BCUT2D eigenvalue weighted by Crippen LogP contribution is -2.29. The highest BCUT2D eigenvalue weighted by Crippen LogP contribution is 2.22. The number of thioether (sulfide) groups is 1. The largest absolute Gasteiger partial charge is 0.355 e. The number of aryl methyl sites for hydroxylation is 1. The molecule has 0 aliphatic rings. The monoisotopic (exact) mass is 381 g/mol. The minimum absolute atomic E-state index is 0.0626. The molecule has 0 atom stereocenters. The highest BCUT2D eigenvalue weighted by Gasteiger charge is 2.15. The molecule has 1 heterocycles. The summed E-state index contributed by atoms with van der Waals surface area (Å²) in [7, 11) is 0. The molecule has 5 nitrogen and oxygen atoms in total. The van der Waals surface area contributed by atoms with Crippen LogP contribution in [0.25, 0.3) is 16.6 Å². The summed E-state index contributed by atoms with van der Waals surface area (Å²) < 4.78 is 1.61. The van der Waals surface area contributed by atoms with E-state index in [1.165, 1.54) is 11.8 Å². The predicted octanol–water partition coefficient (Wildman–Crippen LogP) is 3.56. The molecule has 3 aromatic rings. The van der Waals surface area contributed by atoms with Crippen molar-refractivity contribution in [2.45, 2.75) is 25.9 Å². The van der Waals surface area contributed by atoms with Crippen molar-refractivity contribution in [3.63, 3.8) is 0 Å². The molecular weight excluding hydrogens is 358 g/mol. The summed E-state index contributed by atoms with van der Waals surface area (Å²) in [6.07, 6.45) is 0. The summed E-state index contributed by atoms with van der Waals surface area (Å²) in [5.74, 6) is 0.541. The predicted molar refractivity (Wildman–Crippen MR) is 111 cm³/mol. The third kappa shape index (κ3) is 4.39. The first-order valence-electron chi connectivity index (χ1n) is 8.94. The van der Waals surface area contributed by atoms with Crippen LogP contribution in [0.4, 0.5) is 0 Å². The molecule has 1 amide bonds. The normalized spacial score (nSPS) is 11.1. The van der Waals surface area contributed by atoms with Crippen molar-refractivity contribution < 1.29 is 4.79 Å². The maximum absolute atomic E-state index is 13.2. The number of carbonyl (C=O) groups excluding carboxylic acids is 1. The summed E-state index contributed by atoms with van der Waals surface area (Å²) in [6.45, 7) is 6.69. The van der Waals surface area contributed by atoms with Crippen LogP contribution in [0.5, 0.6) is 0 Å². The fourth-order valence-electron chi connectivity index (χ4n) is 2.74. The molecule has 0 saturated heterocycles. The van der Waals surface area contributed by atoms with E-state index in [2.05, 4.69) is 10.3 Å². The summed E-state index contributed by atoms with van der Waals surface area (Å²) in [4.78, 5) is 30.0.